The molecule has 3 heterocycles. The second-order valence-electron chi connectivity index (χ2n) is 9.85. The minimum Gasteiger partial charge on any atom is -0.465 e. The predicted molar refractivity (Wildman–Crippen MR) is 128 cm³/mol. The van der Waals surface area contributed by atoms with Crippen LogP contribution in [0.15, 0.2) is 24.7 Å². The first-order valence-corrected chi connectivity index (χ1v) is 11.9. The molecular weight excluding hydrogens is 497 g/mol. The molecule has 2 amide bonds. The molecular formula is C23H35F3N6O5. The summed E-state index contributed by atoms with van der Waals surface area (Å²) in [4.78, 5) is 22.2. The lowest BCUT2D eigenvalue weighted by molar-refractivity contribution is -0.325. The molecule has 0 radical (unpaired) electrons. The molecule has 208 valence electrons. The zero-order valence-corrected chi connectivity index (χ0v) is 21.5. The van der Waals surface area contributed by atoms with E-state index in [1.807, 2.05) is 27.7 Å². The number of alkyl halides is 3. The molecule has 1 aliphatic heterocycles. The molecule has 1 saturated carbocycles. The van der Waals surface area contributed by atoms with Crippen LogP contribution >= 0.6 is 0 Å². The molecule has 2 aliphatic rings. The third kappa shape index (κ3) is 11.6. The van der Waals surface area contributed by atoms with Crippen LogP contribution < -0.4 is 10.6 Å². The number of hydrogen-bond donors (Lipinski definition) is 3. The Balaban J connectivity index is 0.000000298. The summed E-state index contributed by atoms with van der Waals surface area (Å²) in [6.07, 6.45) is 3.13. The van der Waals surface area contributed by atoms with Crippen LogP contribution in [0.1, 0.15) is 63.7 Å². The molecule has 1 aliphatic carbocycles. The summed E-state index contributed by atoms with van der Waals surface area (Å²) in [5.74, 6) is 0.0876. The van der Waals surface area contributed by atoms with Gasteiger partial charge in [0.15, 0.2) is 0 Å². The van der Waals surface area contributed by atoms with Crippen molar-refractivity contribution in [2.45, 2.75) is 77.4 Å². The quantitative estimate of drug-likeness (QED) is 0.507. The van der Waals surface area contributed by atoms with Crippen molar-refractivity contribution >= 4 is 17.8 Å². The molecule has 0 unspecified atom stereocenters. The molecule has 0 spiro atoms. The number of amides is 2. The molecule has 0 aromatic carbocycles. The summed E-state index contributed by atoms with van der Waals surface area (Å²) in [5, 5.41) is 21.3. The van der Waals surface area contributed by atoms with E-state index in [2.05, 4.69) is 25.6 Å². The monoisotopic (exact) mass is 532 g/mol. The number of ether oxygens (including phenoxy) is 2. The van der Waals surface area contributed by atoms with Crippen molar-refractivity contribution < 1.29 is 37.3 Å². The number of rotatable bonds is 6. The summed E-state index contributed by atoms with van der Waals surface area (Å²) in [5.41, 5.74) is -0.166. The highest BCUT2D eigenvalue weighted by atomic mass is 19.4. The van der Waals surface area contributed by atoms with Crippen molar-refractivity contribution in [2.24, 2.45) is 0 Å². The zero-order chi connectivity index (χ0) is 27.7. The van der Waals surface area contributed by atoms with Crippen LogP contribution in [-0.4, -0.2) is 68.4 Å². The molecule has 11 nitrogen and oxygen atoms in total. The Morgan fingerprint density at radius 3 is 2.30 bits per heavy atom. The van der Waals surface area contributed by atoms with Gasteiger partial charge in [-0.15, -0.1) is 13.2 Å². The zero-order valence-electron chi connectivity index (χ0n) is 21.5. The fourth-order valence-electron chi connectivity index (χ4n) is 3.06. The van der Waals surface area contributed by atoms with E-state index >= 15 is 0 Å². The Morgan fingerprint density at radius 1 is 1.19 bits per heavy atom. The number of hydrogen-bond acceptors (Lipinski definition) is 6. The SMILES string of the molecule is C1CCOC1.CC(C)(C)n1nccc1NC(=O)c1cnn(CCOC(F)(F)F)c1.CC1(NC(=O)O)CC1. The third-order valence-corrected chi connectivity index (χ3v) is 5.24. The van der Waals surface area contributed by atoms with Crippen molar-refractivity contribution in [1.29, 1.82) is 0 Å². The van der Waals surface area contributed by atoms with Crippen molar-refractivity contribution in [3.8, 4) is 0 Å². The summed E-state index contributed by atoms with van der Waals surface area (Å²) < 4.78 is 47.2. The lowest BCUT2D eigenvalue weighted by Gasteiger charge is -2.22. The van der Waals surface area contributed by atoms with Crippen LogP contribution in [0.5, 0.6) is 0 Å². The van der Waals surface area contributed by atoms with Gasteiger partial charge in [0.2, 0.25) is 0 Å². The summed E-state index contributed by atoms with van der Waals surface area (Å²) in [6.45, 7) is 9.02. The fraction of sp³-hybridized carbons (Fsp3) is 0.652. The van der Waals surface area contributed by atoms with E-state index in [1.54, 1.807) is 16.9 Å². The molecule has 0 bridgehead atoms. The summed E-state index contributed by atoms with van der Waals surface area (Å²) in [7, 11) is 0. The topological polar surface area (TPSA) is 133 Å². The number of carbonyl (C=O) groups is 2. The van der Waals surface area contributed by atoms with Crippen LogP contribution in [0, 0.1) is 0 Å². The highest BCUT2D eigenvalue weighted by Crippen LogP contribution is 2.33. The highest BCUT2D eigenvalue weighted by molar-refractivity contribution is 6.03. The molecule has 3 N–H and O–H groups in total. The van der Waals surface area contributed by atoms with Gasteiger partial charge >= 0.3 is 12.5 Å². The Kier molecular flexibility index (Phi) is 10.5. The van der Waals surface area contributed by atoms with Gasteiger partial charge in [0.25, 0.3) is 5.91 Å². The van der Waals surface area contributed by atoms with Gasteiger partial charge in [-0.3, -0.25) is 14.2 Å². The molecule has 1 saturated heterocycles. The van der Waals surface area contributed by atoms with Gasteiger partial charge in [0.1, 0.15) is 5.82 Å². The van der Waals surface area contributed by atoms with E-state index in [0.717, 1.165) is 26.1 Å². The Labute approximate surface area is 213 Å². The number of nitrogens with one attached hydrogen (secondary N) is 2. The minimum atomic E-state index is -4.68. The fourth-order valence-corrected chi connectivity index (χ4v) is 3.06. The van der Waals surface area contributed by atoms with E-state index in [1.165, 1.54) is 29.9 Å². The Bertz CT molecular complexity index is 1000. The van der Waals surface area contributed by atoms with Gasteiger partial charge in [-0.05, 0) is 53.4 Å². The normalized spacial score (nSPS) is 16.1. The van der Waals surface area contributed by atoms with Crippen LogP contribution in [0.25, 0.3) is 0 Å². The van der Waals surface area contributed by atoms with Gasteiger partial charge in [-0.25, -0.2) is 9.48 Å². The van der Waals surface area contributed by atoms with Crippen LogP contribution in [0.2, 0.25) is 0 Å². The van der Waals surface area contributed by atoms with E-state index in [0.29, 0.717) is 5.82 Å². The maximum Gasteiger partial charge on any atom is 0.522 e. The number of carbonyl (C=O) groups excluding carboxylic acids is 1. The predicted octanol–water partition coefficient (Wildman–Crippen LogP) is 4.23. The van der Waals surface area contributed by atoms with Crippen LogP contribution in [0.4, 0.5) is 23.8 Å². The molecule has 2 aromatic heterocycles. The van der Waals surface area contributed by atoms with Crippen molar-refractivity contribution in [2.75, 3.05) is 25.1 Å². The largest absolute Gasteiger partial charge is 0.522 e. The smallest absolute Gasteiger partial charge is 0.465 e. The van der Waals surface area contributed by atoms with Gasteiger partial charge in [0.05, 0.1) is 36.6 Å². The molecule has 2 fully saturated rings. The van der Waals surface area contributed by atoms with E-state index in [-0.39, 0.29) is 23.2 Å². The van der Waals surface area contributed by atoms with Gasteiger partial charge in [-0.2, -0.15) is 10.2 Å². The minimum absolute atomic E-state index is 0.0775. The molecule has 37 heavy (non-hydrogen) atoms. The maximum atomic E-state index is 12.2. The highest BCUT2D eigenvalue weighted by Gasteiger charge is 2.38. The van der Waals surface area contributed by atoms with E-state index in [9.17, 15) is 22.8 Å². The summed E-state index contributed by atoms with van der Waals surface area (Å²) >= 11 is 0. The second kappa shape index (κ2) is 12.9. The standard InChI is InChI=1S/C14H18F3N5O2.C5H9NO2.C4H8O/c1-13(2,3)22-11(4-5-18-22)20-12(23)10-8-19-21(9-10)6-7-24-14(15,16)17;1-5(2-3-5)6-4(7)8;1-2-4-5-3-1/h4-5,8-9H,6-7H2,1-3H3,(H,20,23);6H,2-3H2,1H3,(H,7,8);1-4H2. The number of nitrogens with zero attached hydrogens (tertiary/aromatic N) is 4. The number of halogens is 3. The Morgan fingerprint density at radius 2 is 1.84 bits per heavy atom. The summed E-state index contributed by atoms with van der Waals surface area (Å²) in [6, 6.07) is 1.66. The van der Waals surface area contributed by atoms with Crippen molar-refractivity contribution in [1.82, 2.24) is 24.9 Å². The first-order valence-electron chi connectivity index (χ1n) is 11.9. The lowest BCUT2D eigenvalue weighted by Crippen LogP contribution is -2.32. The molecule has 2 aromatic rings. The molecule has 4 rings (SSSR count). The average Bonchev–Trinajstić information content (AvgIpc) is 3.31. The Hall–Kier alpha value is -3.13. The first-order chi connectivity index (χ1) is 17.2. The van der Waals surface area contributed by atoms with Gasteiger partial charge in [0, 0.05) is 31.0 Å². The number of anilines is 1. The molecule has 0 atom stereocenters. The molecule has 14 heteroatoms. The number of aromatic nitrogens is 4. The second-order valence-corrected chi connectivity index (χ2v) is 9.85. The third-order valence-electron chi connectivity index (χ3n) is 5.24. The number of carboxylic acid groups (broad SMARTS) is 1. The van der Waals surface area contributed by atoms with Gasteiger partial charge < -0.3 is 20.5 Å². The first kappa shape index (κ1) is 30.1. The van der Waals surface area contributed by atoms with E-state index in [4.69, 9.17) is 9.84 Å². The van der Waals surface area contributed by atoms with Crippen LogP contribution in [-0.2, 0) is 21.6 Å². The van der Waals surface area contributed by atoms with Crippen LogP contribution in [0.3, 0.4) is 0 Å². The maximum absolute atomic E-state index is 12.2. The van der Waals surface area contributed by atoms with E-state index < -0.39 is 25.0 Å². The van der Waals surface area contributed by atoms with Crippen molar-refractivity contribution in [3.05, 3.63) is 30.2 Å². The average molecular weight is 533 g/mol. The lowest BCUT2D eigenvalue weighted by atomic mass is 10.1. The van der Waals surface area contributed by atoms with Crippen molar-refractivity contribution in [3.63, 3.8) is 0 Å². The van der Waals surface area contributed by atoms with Gasteiger partial charge in [-0.1, -0.05) is 0 Å².